The molecule has 2 aromatic carbocycles. The molecule has 0 fully saturated rings. The molecule has 2 N–H and O–H groups in total. The number of nitrogens with zero attached hydrogens (tertiary/aromatic N) is 3. The third-order valence-corrected chi connectivity index (χ3v) is 4.49. The molecule has 3 rings (SSSR count). The Morgan fingerprint density at radius 1 is 1.14 bits per heavy atom. The van der Waals surface area contributed by atoms with Crippen LogP contribution in [0.5, 0.6) is 5.75 Å². The van der Waals surface area contributed by atoms with Gasteiger partial charge in [-0.3, -0.25) is 9.48 Å². The van der Waals surface area contributed by atoms with Gasteiger partial charge in [-0.15, -0.1) is 0 Å². The van der Waals surface area contributed by atoms with E-state index in [1.54, 1.807) is 42.9 Å². The number of carbonyl (C=O) groups excluding carboxylic acids is 1. The second-order valence-electron chi connectivity index (χ2n) is 6.62. The summed E-state index contributed by atoms with van der Waals surface area (Å²) < 4.78 is 1.62. The maximum absolute atomic E-state index is 12.1. The lowest BCUT2D eigenvalue weighted by molar-refractivity contribution is 0.0955. The summed E-state index contributed by atoms with van der Waals surface area (Å²) in [6.07, 6.45) is 2.11. The smallest absolute Gasteiger partial charge is 0.271 e. The van der Waals surface area contributed by atoms with Gasteiger partial charge < -0.3 is 5.11 Å². The molecule has 1 heterocycles. The largest absolute Gasteiger partial charge is 0.504 e. The Kier molecular flexibility index (Phi) is 5.89. The number of hydrogen-bond acceptors (Lipinski definition) is 4. The second-order valence-corrected chi connectivity index (χ2v) is 6.62. The van der Waals surface area contributed by atoms with Crippen molar-refractivity contribution in [1.29, 1.82) is 0 Å². The Morgan fingerprint density at radius 3 is 2.46 bits per heavy atom. The number of benzene rings is 2. The van der Waals surface area contributed by atoms with Crippen LogP contribution in [-0.2, 0) is 13.5 Å². The molecule has 0 bridgehead atoms. The third-order valence-electron chi connectivity index (χ3n) is 4.49. The Morgan fingerprint density at radius 2 is 1.82 bits per heavy atom. The maximum atomic E-state index is 12.1. The van der Waals surface area contributed by atoms with Gasteiger partial charge in [0.25, 0.3) is 5.91 Å². The number of aryl methyl sites for hydroxylation is 2. The summed E-state index contributed by atoms with van der Waals surface area (Å²) in [6, 6.07) is 16.9. The maximum Gasteiger partial charge on any atom is 0.271 e. The monoisotopic (exact) mass is 376 g/mol. The molecule has 1 amide bonds. The zero-order valence-corrected chi connectivity index (χ0v) is 16.3. The summed E-state index contributed by atoms with van der Waals surface area (Å²) in [4.78, 5) is 12.1. The van der Waals surface area contributed by atoms with Crippen molar-refractivity contribution in [3.8, 4) is 17.0 Å². The number of nitrogens with one attached hydrogen (secondary N) is 1. The van der Waals surface area contributed by atoms with Gasteiger partial charge in [0.1, 0.15) is 5.69 Å². The van der Waals surface area contributed by atoms with E-state index in [-0.39, 0.29) is 11.7 Å². The third kappa shape index (κ3) is 4.11. The molecule has 0 saturated carbocycles. The van der Waals surface area contributed by atoms with Gasteiger partial charge in [-0.05, 0) is 31.0 Å². The van der Waals surface area contributed by atoms with Crippen molar-refractivity contribution >= 4 is 11.6 Å². The summed E-state index contributed by atoms with van der Waals surface area (Å²) in [5.74, 6) is -0.275. The van der Waals surface area contributed by atoms with Gasteiger partial charge in [0.2, 0.25) is 0 Å². The molecular weight excluding hydrogens is 352 g/mol. The van der Waals surface area contributed by atoms with Crippen LogP contribution in [0.4, 0.5) is 0 Å². The molecule has 6 heteroatoms. The molecule has 1 aromatic heterocycles. The minimum atomic E-state index is -0.317. The summed E-state index contributed by atoms with van der Waals surface area (Å²) in [7, 11) is 1.77. The van der Waals surface area contributed by atoms with E-state index in [1.807, 2.05) is 18.2 Å². The normalized spacial score (nSPS) is 11.5. The first-order valence-electron chi connectivity index (χ1n) is 9.26. The topological polar surface area (TPSA) is 79.5 Å². The van der Waals surface area contributed by atoms with Gasteiger partial charge in [0, 0.05) is 18.2 Å². The van der Waals surface area contributed by atoms with E-state index in [2.05, 4.69) is 34.7 Å². The molecule has 144 valence electrons. The lowest BCUT2D eigenvalue weighted by Gasteiger charge is -2.05. The van der Waals surface area contributed by atoms with Gasteiger partial charge in [0.15, 0.2) is 11.4 Å². The van der Waals surface area contributed by atoms with Crippen LogP contribution < -0.4 is 5.43 Å². The van der Waals surface area contributed by atoms with Crippen molar-refractivity contribution < 1.29 is 9.90 Å². The quantitative estimate of drug-likeness (QED) is 0.506. The highest BCUT2D eigenvalue weighted by molar-refractivity contribution is 6.02. The molecule has 0 atom stereocenters. The number of hydrogen-bond donors (Lipinski definition) is 2. The average Bonchev–Trinajstić information content (AvgIpc) is 3.01. The summed E-state index contributed by atoms with van der Waals surface area (Å²) >= 11 is 0. The molecule has 28 heavy (non-hydrogen) atoms. The molecule has 6 nitrogen and oxygen atoms in total. The molecule has 0 saturated heterocycles. The van der Waals surface area contributed by atoms with Gasteiger partial charge >= 0.3 is 0 Å². The first-order valence-corrected chi connectivity index (χ1v) is 9.26. The van der Waals surface area contributed by atoms with Crippen LogP contribution in [0.15, 0.2) is 59.7 Å². The second kappa shape index (κ2) is 8.52. The zero-order chi connectivity index (χ0) is 20.1. The fraction of sp³-hybridized carbons (Fsp3) is 0.227. The van der Waals surface area contributed by atoms with Crippen LogP contribution in [0, 0.1) is 0 Å². The number of aromatic nitrogens is 2. The molecule has 0 unspecified atom stereocenters. The summed E-state index contributed by atoms with van der Waals surface area (Å²) in [5.41, 5.74) is 6.52. The molecule has 0 aliphatic heterocycles. The molecule has 0 radical (unpaired) electrons. The van der Waals surface area contributed by atoms with E-state index in [9.17, 15) is 9.90 Å². The standard InChI is InChI=1S/C22H24N4O2/c1-4-8-16-11-13-17(14-12-16)20-21(27)19(25-26(20)3)15(2)23-24-22(28)18-9-6-5-7-10-18/h5-7,9-14,27H,4,8H2,1-3H3,(H,24,28)/b23-15+. The first-order chi connectivity index (χ1) is 13.5. The van der Waals surface area contributed by atoms with Gasteiger partial charge in [-0.25, -0.2) is 5.43 Å². The minimum Gasteiger partial charge on any atom is -0.504 e. The molecule has 0 spiro atoms. The highest BCUT2D eigenvalue weighted by Crippen LogP contribution is 2.32. The Balaban J connectivity index is 1.83. The first kappa shape index (κ1) is 19.4. The lowest BCUT2D eigenvalue weighted by atomic mass is 10.0. The van der Waals surface area contributed by atoms with Gasteiger partial charge in [-0.1, -0.05) is 55.8 Å². The van der Waals surface area contributed by atoms with E-state index in [4.69, 9.17) is 0 Å². The van der Waals surface area contributed by atoms with E-state index in [1.165, 1.54) is 5.56 Å². The van der Waals surface area contributed by atoms with Gasteiger partial charge in [-0.2, -0.15) is 10.2 Å². The zero-order valence-electron chi connectivity index (χ0n) is 16.3. The van der Waals surface area contributed by atoms with E-state index >= 15 is 0 Å². The number of rotatable bonds is 6. The Bertz CT molecular complexity index is 989. The van der Waals surface area contributed by atoms with Crippen molar-refractivity contribution in [2.24, 2.45) is 12.1 Å². The molecule has 3 aromatic rings. The summed E-state index contributed by atoms with van der Waals surface area (Å²) in [5, 5.41) is 19.2. The van der Waals surface area contributed by atoms with Crippen LogP contribution in [0.2, 0.25) is 0 Å². The van der Waals surface area contributed by atoms with Crippen LogP contribution in [0.3, 0.4) is 0 Å². The van der Waals surface area contributed by atoms with Crippen LogP contribution >= 0.6 is 0 Å². The van der Waals surface area contributed by atoms with E-state index < -0.39 is 0 Å². The fourth-order valence-electron chi connectivity index (χ4n) is 3.04. The highest BCUT2D eigenvalue weighted by Gasteiger charge is 2.19. The van der Waals surface area contributed by atoms with E-state index in [0.29, 0.717) is 22.7 Å². The van der Waals surface area contributed by atoms with Crippen molar-refractivity contribution in [1.82, 2.24) is 15.2 Å². The number of aromatic hydroxyl groups is 1. The predicted molar refractivity (Wildman–Crippen MR) is 110 cm³/mol. The number of hydrazone groups is 1. The molecular formula is C22H24N4O2. The molecule has 0 aliphatic rings. The SMILES string of the molecule is CCCc1ccc(-c2c(O)c(/C(C)=N/NC(=O)c3ccccc3)nn2C)cc1. The summed E-state index contributed by atoms with van der Waals surface area (Å²) in [6.45, 7) is 3.84. The fourth-order valence-corrected chi connectivity index (χ4v) is 3.04. The predicted octanol–water partition coefficient (Wildman–Crippen LogP) is 3.90. The van der Waals surface area contributed by atoms with Crippen LogP contribution in [0.25, 0.3) is 11.3 Å². The van der Waals surface area contributed by atoms with Crippen molar-refractivity contribution in [2.45, 2.75) is 26.7 Å². The van der Waals surface area contributed by atoms with Crippen molar-refractivity contribution in [3.63, 3.8) is 0 Å². The van der Waals surface area contributed by atoms with Crippen LogP contribution in [0.1, 0.15) is 41.9 Å². The highest BCUT2D eigenvalue weighted by atomic mass is 16.3. The van der Waals surface area contributed by atoms with Crippen molar-refractivity contribution in [3.05, 3.63) is 71.4 Å². The average molecular weight is 376 g/mol. The number of amides is 1. The van der Waals surface area contributed by atoms with E-state index in [0.717, 1.165) is 18.4 Å². The lowest BCUT2D eigenvalue weighted by Crippen LogP contribution is -2.19. The van der Waals surface area contributed by atoms with Gasteiger partial charge in [0.05, 0.1) is 5.71 Å². The van der Waals surface area contributed by atoms with Crippen molar-refractivity contribution in [2.75, 3.05) is 0 Å². The molecule has 0 aliphatic carbocycles. The van der Waals surface area contributed by atoms with Crippen LogP contribution in [-0.4, -0.2) is 26.5 Å². The Hall–Kier alpha value is -3.41. The number of carbonyl (C=O) groups is 1. The Labute approximate surface area is 164 Å². The minimum absolute atomic E-state index is 0.0425.